The molecule has 0 saturated heterocycles. The van der Waals surface area contributed by atoms with Crippen LogP contribution in [0.3, 0.4) is 0 Å². The van der Waals surface area contributed by atoms with Crippen LogP contribution in [0.2, 0.25) is 0 Å². The predicted molar refractivity (Wildman–Crippen MR) is 133 cm³/mol. The maximum atomic E-state index is 13.9. The molecule has 2 aliphatic rings. The molecule has 4 rings (SSSR count). The van der Waals surface area contributed by atoms with E-state index in [0.29, 0.717) is 0 Å². The molecular weight excluding hydrogens is 478 g/mol. The van der Waals surface area contributed by atoms with Crippen molar-refractivity contribution in [3.63, 3.8) is 0 Å². The Balaban J connectivity index is 1.76. The number of fused-ring (bicyclic) bond motifs is 3. The third kappa shape index (κ3) is 4.06. The molecule has 1 heterocycles. The van der Waals surface area contributed by atoms with Crippen LogP contribution in [-0.4, -0.2) is 45.2 Å². The summed E-state index contributed by atoms with van der Waals surface area (Å²) in [5.41, 5.74) is -0.904. The quantitative estimate of drug-likeness (QED) is 0.252. The average molecular weight is 506 g/mol. The standard InChI is InChI=1S/C28H27NO8/c1-13-24(34)22(15(3)30)26-23(25(13)35)28(4)19(37-26)11-18(31)21(27(28)36)14(2)29-12-17(10-20(32)33)16-8-6-5-7-9-16/h5-9,11,17,29,34-35H,10,12H2,1-4H3,(H,32,33)/b21-14+/t17?,28-/m1/s1. The van der Waals surface area contributed by atoms with E-state index in [1.165, 1.54) is 20.8 Å². The number of hydrogen-bond donors (Lipinski definition) is 4. The lowest BCUT2D eigenvalue weighted by Crippen LogP contribution is -2.41. The summed E-state index contributed by atoms with van der Waals surface area (Å²) >= 11 is 0. The summed E-state index contributed by atoms with van der Waals surface area (Å²) in [6, 6.07) is 9.04. The molecule has 0 saturated carbocycles. The molecule has 0 fully saturated rings. The second-order valence-corrected chi connectivity index (χ2v) is 9.47. The molecule has 192 valence electrons. The van der Waals surface area contributed by atoms with Gasteiger partial charge in [-0.25, -0.2) is 0 Å². The Kier molecular flexibility index (Phi) is 6.41. The lowest BCUT2D eigenvalue weighted by molar-refractivity contribution is -0.137. The molecule has 0 amide bonds. The number of nitrogens with one attached hydrogen (secondary N) is 1. The van der Waals surface area contributed by atoms with Crippen molar-refractivity contribution < 1.29 is 39.2 Å². The number of carbonyl (C=O) groups is 4. The minimum atomic E-state index is -1.62. The highest BCUT2D eigenvalue weighted by molar-refractivity contribution is 6.31. The zero-order chi connectivity index (χ0) is 27.2. The summed E-state index contributed by atoms with van der Waals surface area (Å²) in [6.07, 6.45) is 0.985. The number of rotatable bonds is 7. The highest BCUT2D eigenvalue weighted by atomic mass is 16.5. The van der Waals surface area contributed by atoms with Crippen LogP contribution in [0, 0.1) is 6.92 Å². The fraction of sp³-hybridized carbons (Fsp3) is 0.286. The van der Waals surface area contributed by atoms with E-state index in [4.69, 9.17) is 4.74 Å². The van der Waals surface area contributed by atoms with Gasteiger partial charge >= 0.3 is 5.97 Å². The lowest BCUT2D eigenvalue weighted by Gasteiger charge is -2.29. The fourth-order valence-electron chi connectivity index (χ4n) is 4.97. The third-order valence-corrected chi connectivity index (χ3v) is 7.07. The molecule has 0 aromatic heterocycles. The molecule has 9 nitrogen and oxygen atoms in total. The van der Waals surface area contributed by atoms with Crippen molar-refractivity contribution >= 4 is 23.3 Å². The zero-order valence-electron chi connectivity index (χ0n) is 20.8. The maximum absolute atomic E-state index is 13.9. The van der Waals surface area contributed by atoms with E-state index in [9.17, 15) is 34.5 Å². The summed E-state index contributed by atoms with van der Waals surface area (Å²) in [6.45, 7) is 5.83. The van der Waals surface area contributed by atoms with Gasteiger partial charge in [-0.2, -0.15) is 0 Å². The number of ketones is 3. The van der Waals surface area contributed by atoms with Gasteiger partial charge < -0.3 is 25.4 Å². The summed E-state index contributed by atoms with van der Waals surface area (Å²) < 4.78 is 5.76. The summed E-state index contributed by atoms with van der Waals surface area (Å²) in [4.78, 5) is 50.7. The van der Waals surface area contributed by atoms with Crippen LogP contribution < -0.4 is 10.1 Å². The molecule has 37 heavy (non-hydrogen) atoms. The summed E-state index contributed by atoms with van der Waals surface area (Å²) in [5, 5.41) is 33.8. The van der Waals surface area contributed by atoms with Gasteiger partial charge in [-0.15, -0.1) is 0 Å². The number of phenols is 2. The highest BCUT2D eigenvalue weighted by Crippen LogP contribution is 2.57. The normalized spacial score (nSPS) is 20.4. The van der Waals surface area contributed by atoms with Gasteiger partial charge in [-0.1, -0.05) is 30.3 Å². The smallest absolute Gasteiger partial charge is 0.304 e. The van der Waals surface area contributed by atoms with Crippen molar-refractivity contribution in [2.45, 2.75) is 45.4 Å². The van der Waals surface area contributed by atoms with Gasteiger partial charge in [0.05, 0.1) is 17.6 Å². The Bertz CT molecular complexity index is 1420. The molecule has 0 radical (unpaired) electrons. The number of aliphatic carboxylic acids is 1. The second kappa shape index (κ2) is 9.24. The number of carboxylic acid groups (broad SMARTS) is 1. The maximum Gasteiger partial charge on any atom is 0.304 e. The van der Waals surface area contributed by atoms with E-state index >= 15 is 0 Å². The van der Waals surface area contributed by atoms with Crippen molar-refractivity contribution in [3.05, 3.63) is 75.7 Å². The molecular formula is C28H27NO8. The van der Waals surface area contributed by atoms with Gasteiger partial charge in [0.15, 0.2) is 17.3 Å². The second-order valence-electron chi connectivity index (χ2n) is 9.47. The third-order valence-electron chi connectivity index (χ3n) is 7.07. The first kappa shape index (κ1) is 25.7. The van der Waals surface area contributed by atoms with Gasteiger partial charge in [0.1, 0.15) is 34.0 Å². The Morgan fingerprint density at radius 3 is 2.32 bits per heavy atom. The Morgan fingerprint density at radius 1 is 1.08 bits per heavy atom. The molecule has 9 heteroatoms. The zero-order valence-corrected chi connectivity index (χ0v) is 20.8. The number of carbonyl (C=O) groups excluding carboxylic acids is 3. The van der Waals surface area contributed by atoms with Crippen LogP contribution >= 0.6 is 0 Å². The number of carboxylic acids is 1. The Hall–Kier alpha value is -4.40. The van der Waals surface area contributed by atoms with Gasteiger partial charge in [-0.05, 0) is 33.3 Å². The van der Waals surface area contributed by atoms with Crippen LogP contribution in [0.1, 0.15) is 60.2 Å². The van der Waals surface area contributed by atoms with Gasteiger partial charge in [0.2, 0.25) is 0 Å². The molecule has 1 unspecified atom stereocenters. The highest BCUT2D eigenvalue weighted by Gasteiger charge is 2.56. The van der Waals surface area contributed by atoms with Crippen LogP contribution in [0.25, 0.3) is 0 Å². The van der Waals surface area contributed by atoms with Crippen LogP contribution in [-0.2, 0) is 19.8 Å². The van der Waals surface area contributed by atoms with Gasteiger partial charge in [0, 0.05) is 29.8 Å². The van der Waals surface area contributed by atoms with E-state index in [0.717, 1.165) is 11.6 Å². The fourth-order valence-corrected chi connectivity index (χ4v) is 4.97. The first-order chi connectivity index (χ1) is 17.4. The molecule has 1 aliphatic carbocycles. The van der Waals surface area contributed by atoms with Crippen molar-refractivity contribution in [1.82, 2.24) is 5.32 Å². The number of ether oxygens (including phenoxy) is 1. The Morgan fingerprint density at radius 2 is 1.73 bits per heavy atom. The molecule has 0 bridgehead atoms. The molecule has 2 aromatic carbocycles. The SMILES string of the molecule is CC(=O)c1c(O)c(C)c(O)c2c1OC1=CC(=O)/C(=C(/C)NCC(CC(=O)O)c3ccccc3)C(=O)[C@]12C. The van der Waals surface area contributed by atoms with E-state index in [-0.39, 0.29) is 52.4 Å². The molecule has 1 aliphatic heterocycles. The minimum absolute atomic E-state index is 0.00934. The van der Waals surface area contributed by atoms with Gasteiger partial charge in [0.25, 0.3) is 0 Å². The van der Waals surface area contributed by atoms with Crippen molar-refractivity contribution in [2.75, 3.05) is 6.54 Å². The lowest BCUT2D eigenvalue weighted by atomic mass is 9.70. The van der Waals surface area contributed by atoms with E-state index in [2.05, 4.69) is 5.32 Å². The first-order valence-electron chi connectivity index (χ1n) is 11.7. The number of allylic oxidation sites excluding steroid dienone is 4. The van der Waals surface area contributed by atoms with Crippen LogP contribution in [0.5, 0.6) is 17.2 Å². The van der Waals surface area contributed by atoms with Crippen molar-refractivity contribution in [2.24, 2.45) is 0 Å². The van der Waals surface area contributed by atoms with Gasteiger partial charge in [-0.3, -0.25) is 19.2 Å². The number of aromatic hydroxyl groups is 2. The van der Waals surface area contributed by atoms with E-state index in [1.807, 2.05) is 18.2 Å². The molecule has 2 atom stereocenters. The number of phenolic OH excluding ortho intramolecular Hbond substituents is 2. The average Bonchev–Trinajstić information content (AvgIpc) is 3.13. The monoisotopic (exact) mass is 505 g/mol. The minimum Gasteiger partial charge on any atom is -0.507 e. The summed E-state index contributed by atoms with van der Waals surface area (Å²) in [5.74, 6) is -4.28. The molecule has 0 spiro atoms. The Labute approximate surface area is 213 Å². The topological polar surface area (TPSA) is 150 Å². The van der Waals surface area contributed by atoms with Crippen LogP contribution in [0.15, 0.2) is 53.4 Å². The molecule has 2 aromatic rings. The largest absolute Gasteiger partial charge is 0.507 e. The van der Waals surface area contributed by atoms with E-state index < -0.39 is 46.2 Å². The van der Waals surface area contributed by atoms with Crippen LogP contribution in [0.4, 0.5) is 0 Å². The first-order valence-corrected chi connectivity index (χ1v) is 11.7. The van der Waals surface area contributed by atoms with E-state index in [1.54, 1.807) is 19.1 Å². The number of Topliss-reactive ketones (excluding diaryl/α,β-unsaturated/α-hetero) is 2. The molecule has 4 N–H and O–H groups in total. The van der Waals surface area contributed by atoms with Crippen molar-refractivity contribution in [1.29, 1.82) is 0 Å². The predicted octanol–water partition coefficient (Wildman–Crippen LogP) is 3.42. The number of benzene rings is 2. The van der Waals surface area contributed by atoms with Crippen molar-refractivity contribution in [3.8, 4) is 17.2 Å². The number of hydrogen-bond acceptors (Lipinski definition) is 8. The summed E-state index contributed by atoms with van der Waals surface area (Å²) in [7, 11) is 0.